The molecule has 0 spiro atoms. The van der Waals surface area contributed by atoms with Crippen LogP contribution in [0.15, 0.2) is 28.5 Å². The summed E-state index contributed by atoms with van der Waals surface area (Å²) in [6, 6.07) is 3.80. The fourth-order valence-corrected chi connectivity index (χ4v) is 4.14. The Morgan fingerprint density at radius 1 is 1.35 bits per heavy atom. The van der Waals surface area contributed by atoms with Crippen molar-refractivity contribution >= 4 is 22.5 Å². The Bertz CT molecular complexity index is 529. The summed E-state index contributed by atoms with van der Waals surface area (Å²) in [6.07, 6.45) is 1.65. The van der Waals surface area contributed by atoms with Crippen LogP contribution in [-0.2, 0) is 0 Å². The molecule has 0 saturated heterocycles. The molecular weight excluding hydrogens is 232 g/mol. The number of rotatable bonds is 2. The lowest BCUT2D eigenvalue weighted by Crippen LogP contribution is -2.10. The van der Waals surface area contributed by atoms with Crippen LogP contribution < -0.4 is 0 Å². The third-order valence-corrected chi connectivity index (χ3v) is 5.18. The van der Waals surface area contributed by atoms with Crippen LogP contribution in [0.3, 0.4) is 0 Å². The number of aryl methyl sites for hydroxylation is 1. The van der Waals surface area contributed by atoms with E-state index in [-0.39, 0.29) is 11.6 Å². The van der Waals surface area contributed by atoms with Gasteiger partial charge in [-0.3, -0.25) is 9.59 Å². The molecule has 17 heavy (non-hydrogen) atoms. The summed E-state index contributed by atoms with van der Waals surface area (Å²) in [6.45, 7) is 5.59. The van der Waals surface area contributed by atoms with E-state index in [0.717, 1.165) is 27.3 Å². The highest BCUT2D eigenvalue weighted by molar-refractivity contribution is 8.19. The molecule has 0 radical (unpaired) electrons. The normalized spacial score (nSPS) is 20.2. The minimum atomic E-state index is -0.500. The van der Waals surface area contributed by atoms with E-state index in [4.69, 9.17) is 0 Å². The molecule has 0 aromatic heterocycles. The van der Waals surface area contributed by atoms with E-state index in [1.165, 1.54) is 0 Å². The standard InChI is InChI=1S/C14H16O2S/c1-4-17-6-5-13(16)12-8-9(2)7-11(10(3)15)14(12)17/h5-8,17H,4H2,1-3H3. The van der Waals surface area contributed by atoms with Crippen molar-refractivity contribution in [1.82, 2.24) is 0 Å². The number of carbonyl (C=O) groups excluding carboxylic acids is 2. The zero-order valence-corrected chi connectivity index (χ0v) is 11.2. The van der Waals surface area contributed by atoms with Gasteiger partial charge in [0.05, 0.1) is 0 Å². The van der Waals surface area contributed by atoms with Gasteiger partial charge in [0.1, 0.15) is 0 Å². The molecule has 90 valence electrons. The van der Waals surface area contributed by atoms with Crippen LogP contribution in [0.1, 0.15) is 40.1 Å². The maximum Gasteiger partial charge on any atom is 0.187 e. The van der Waals surface area contributed by atoms with Gasteiger partial charge >= 0.3 is 0 Å². The van der Waals surface area contributed by atoms with Crippen LogP contribution in [0.25, 0.3) is 0 Å². The maximum atomic E-state index is 11.9. The summed E-state index contributed by atoms with van der Waals surface area (Å²) >= 11 is 0. The highest BCUT2D eigenvalue weighted by Crippen LogP contribution is 2.45. The van der Waals surface area contributed by atoms with Crippen LogP contribution in [0.2, 0.25) is 0 Å². The minimum absolute atomic E-state index is 0.0263. The van der Waals surface area contributed by atoms with Crippen molar-refractivity contribution in [3.63, 3.8) is 0 Å². The van der Waals surface area contributed by atoms with Gasteiger partial charge in [0.2, 0.25) is 0 Å². The molecule has 3 heteroatoms. The molecule has 0 saturated carbocycles. The lowest BCUT2D eigenvalue weighted by Gasteiger charge is -2.25. The summed E-state index contributed by atoms with van der Waals surface area (Å²) in [5.74, 6) is 1.04. The van der Waals surface area contributed by atoms with E-state index in [1.54, 1.807) is 13.0 Å². The first-order chi connectivity index (χ1) is 8.04. The largest absolute Gasteiger partial charge is 0.294 e. The molecule has 0 N–H and O–H groups in total. The number of Topliss-reactive ketones (excluding diaryl/α,β-unsaturated/α-hetero) is 1. The van der Waals surface area contributed by atoms with Crippen molar-refractivity contribution in [2.24, 2.45) is 0 Å². The summed E-state index contributed by atoms with van der Waals surface area (Å²) in [5, 5.41) is 1.97. The highest BCUT2D eigenvalue weighted by atomic mass is 32.2. The predicted molar refractivity (Wildman–Crippen MR) is 72.4 cm³/mol. The van der Waals surface area contributed by atoms with Gasteiger partial charge in [0, 0.05) is 16.0 Å². The summed E-state index contributed by atoms with van der Waals surface area (Å²) < 4.78 is 0. The van der Waals surface area contributed by atoms with Crippen molar-refractivity contribution in [3.8, 4) is 0 Å². The number of allylic oxidation sites excluding steroid dienone is 1. The van der Waals surface area contributed by atoms with Gasteiger partial charge in [0.25, 0.3) is 0 Å². The summed E-state index contributed by atoms with van der Waals surface area (Å²) in [5.41, 5.74) is 2.43. The van der Waals surface area contributed by atoms with Gasteiger partial charge in [-0.25, -0.2) is 10.9 Å². The van der Waals surface area contributed by atoms with Gasteiger partial charge in [-0.2, -0.15) is 0 Å². The van der Waals surface area contributed by atoms with Crippen molar-refractivity contribution in [2.45, 2.75) is 25.7 Å². The number of hydrogen-bond acceptors (Lipinski definition) is 2. The van der Waals surface area contributed by atoms with E-state index in [2.05, 4.69) is 6.92 Å². The second kappa shape index (κ2) is 4.49. The Morgan fingerprint density at radius 2 is 2.06 bits per heavy atom. The second-order valence-electron chi connectivity index (χ2n) is 4.23. The van der Waals surface area contributed by atoms with Crippen LogP contribution >= 0.6 is 10.9 Å². The molecule has 0 amide bonds. The zero-order valence-electron chi connectivity index (χ0n) is 10.3. The first-order valence-corrected chi connectivity index (χ1v) is 7.29. The topological polar surface area (TPSA) is 34.1 Å². The average molecular weight is 248 g/mol. The van der Waals surface area contributed by atoms with Crippen LogP contribution in [0.5, 0.6) is 0 Å². The lowest BCUT2D eigenvalue weighted by atomic mass is 10.0. The van der Waals surface area contributed by atoms with Crippen molar-refractivity contribution in [3.05, 3.63) is 40.3 Å². The van der Waals surface area contributed by atoms with Crippen molar-refractivity contribution in [1.29, 1.82) is 0 Å². The molecule has 2 rings (SSSR count). The molecule has 1 aliphatic heterocycles. The first-order valence-electron chi connectivity index (χ1n) is 5.69. The van der Waals surface area contributed by atoms with Crippen LogP contribution in [0.4, 0.5) is 0 Å². The quantitative estimate of drug-likeness (QED) is 0.643. The first kappa shape index (κ1) is 12.1. The molecule has 1 aromatic carbocycles. The van der Waals surface area contributed by atoms with Gasteiger partial charge in [-0.15, -0.1) is 0 Å². The minimum Gasteiger partial charge on any atom is -0.294 e. The molecule has 1 atom stereocenters. The SMILES string of the molecule is CC[SH]1C=CC(=O)c2cc(C)cc(C(C)=O)c21. The number of hydrogen-bond donors (Lipinski definition) is 1. The number of benzene rings is 1. The molecule has 0 fully saturated rings. The van der Waals surface area contributed by atoms with Crippen LogP contribution in [0, 0.1) is 6.92 Å². The number of fused-ring (bicyclic) bond motifs is 1. The molecule has 0 bridgehead atoms. The number of ketones is 2. The molecule has 2 nitrogen and oxygen atoms in total. The van der Waals surface area contributed by atoms with E-state index in [0.29, 0.717) is 0 Å². The van der Waals surface area contributed by atoms with E-state index < -0.39 is 10.9 Å². The monoisotopic (exact) mass is 248 g/mol. The summed E-state index contributed by atoms with van der Waals surface area (Å²) in [4.78, 5) is 24.6. The third-order valence-electron chi connectivity index (χ3n) is 2.93. The van der Waals surface area contributed by atoms with E-state index in [1.807, 2.05) is 24.5 Å². The number of thiol groups is 1. The lowest BCUT2D eigenvalue weighted by molar-refractivity contribution is 0.101. The van der Waals surface area contributed by atoms with Crippen LogP contribution in [-0.4, -0.2) is 17.3 Å². The maximum absolute atomic E-state index is 11.9. The Morgan fingerprint density at radius 3 is 2.65 bits per heavy atom. The van der Waals surface area contributed by atoms with Gasteiger partial charge in [-0.05, 0) is 48.8 Å². The number of carbonyl (C=O) groups is 2. The molecular formula is C14H16O2S. The molecule has 1 aliphatic rings. The Labute approximate surface area is 104 Å². The fraction of sp³-hybridized carbons (Fsp3) is 0.286. The Hall–Kier alpha value is -1.35. The molecule has 1 unspecified atom stereocenters. The molecule has 1 aromatic rings. The zero-order chi connectivity index (χ0) is 12.6. The predicted octanol–water partition coefficient (Wildman–Crippen LogP) is 3.29. The third kappa shape index (κ3) is 2.07. The molecule has 0 aliphatic carbocycles. The van der Waals surface area contributed by atoms with Gasteiger partial charge in [0.15, 0.2) is 11.6 Å². The Balaban J connectivity index is 2.74. The summed E-state index contributed by atoms with van der Waals surface area (Å²) in [7, 11) is -0.500. The van der Waals surface area contributed by atoms with Gasteiger partial charge in [-0.1, -0.05) is 6.92 Å². The second-order valence-corrected chi connectivity index (χ2v) is 6.55. The van der Waals surface area contributed by atoms with Crippen molar-refractivity contribution in [2.75, 3.05) is 5.75 Å². The van der Waals surface area contributed by atoms with Crippen molar-refractivity contribution < 1.29 is 9.59 Å². The highest BCUT2D eigenvalue weighted by Gasteiger charge is 2.23. The Kier molecular flexibility index (Phi) is 3.20. The fourth-order valence-electron chi connectivity index (χ4n) is 2.13. The smallest absolute Gasteiger partial charge is 0.187 e. The van der Waals surface area contributed by atoms with Gasteiger partial charge < -0.3 is 0 Å². The molecule has 1 heterocycles. The van der Waals surface area contributed by atoms with E-state index in [9.17, 15) is 9.59 Å². The average Bonchev–Trinajstić information content (AvgIpc) is 2.29. The van der Waals surface area contributed by atoms with E-state index >= 15 is 0 Å².